The molecule has 1 amide bonds. The van der Waals surface area contributed by atoms with Crippen LogP contribution in [0.2, 0.25) is 0 Å². The Bertz CT molecular complexity index is 1330. The molecule has 8 heteroatoms. The van der Waals surface area contributed by atoms with E-state index in [9.17, 15) is 23.5 Å². The van der Waals surface area contributed by atoms with Gasteiger partial charge in [-0.1, -0.05) is 29.8 Å². The first-order valence-electron chi connectivity index (χ1n) is 10.3. The lowest BCUT2D eigenvalue weighted by Gasteiger charge is -2.26. The van der Waals surface area contributed by atoms with Crippen LogP contribution in [0.3, 0.4) is 0 Å². The van der Waals surface area contributed by atoms with E-state index in [1.807, 2.05) is 13.0 Å². The largest absolute Gasteiger partial charge is 0.507 e. The SMILES string of the molecule is COc1ccc(/C(O)=C2/C(=O)C(=O)N(c3ccc(F)cc3F)C2c2cccc(C)c2)c(OC)c1. The van der Waals surface area contributed by atoms with Gasteiger partial charge in [0, 0.05) is 12.1 Å². The van der Waals surface area contributed by atoms with E-state index in [-0.39, 0.29) is 22.6 Å². The fourth-order valence-electron chi connectivity index (χ4n) is 4.05. The van der Waals surface area contributed by atoms with Gasteiger partial charge in [-0.25, -0.2) is 8.78 Å². The molecule has 1 aliphatic heterocycles. The average molecular weight is 465 g/mol. The second kappa shape index (κ2) is 8.97. The lowest BCUT2D eigenvalue weighted by Crippen LogP contribution is -2.30. The van der Waals surface area contributed by atoms with Crippen molar-refractivity contribution in [1.29, 1.82) is 0 Å². The molecule has 34 heavy (non-hydrogen) atoms. The molecule has 0 saturated carbocycles. The molecule has 3 aromatic rings. The van der Waals surface area contributed by atoms with Crippen LogP contribution in [0.5, 0.6) is 11.5 Å². The first kappa shape index (κ1) is 23.0. The minimum atomic E-state index is -1.16. The zero-order valence-corrected chi connectivity index (χ0v) is 18.6. The van der Waals surface area contributed by atoms with Crippen LogP contribution in [0.15, 0.2) is 66.2 Å². The number of benzene rings is 3. The fraction of sp³-hybridized carbons (Fsp3) is 0.154. The third-order valence-corrected chi connectivity index (χ3v) is 5.64. The van der Waals surface area contributed by atoms with Crippen molar-refractivity contribution >= 4 is 23.1 Å². The molecule has 0 aliphatic carbocycles. The van der Waals surface area contributed by atoms with E-state index in [1.165, 1.54) is 26.4 Å². The highest BCUT2D eigenvalue weighted by molar-refractivity contribution is 6.51. The molecule has 1 N–H and O–H groups in total. The summed E-state index contributed by atoms with van der Waals surface area (Å²) in [5.41, 5.74) is 0.915. The molecule has 6 nitrogen and oxygen atoms in total. The van der Waals surface area contributed by atoms with Gasteiger partial charge in [-0.05, 0) is 36.8 Å². The predicted molar refractivity (Wildman–Crippen MR) is 122 cm³/mol. The topological polar surface area (TPSA) is 76.1 Å². The standard InChI is InChI=1S/C26H21F2NO5/c1-14-5-4-6-15(11-14)23-22(24(30)18-9-8-17(33-2)13-21(18)34-3)25(31)26(32)29(23)20-10-7-16(27)12-19(20)28/h4-13,23,30H,1-3H3/b24-22-. The molecule has 1 aliphatic rings. The summed E-state index contributed by atoms with van der Waals surface area (Å²) in [6.07, 6.45) is 0. The molecule has 0 aromatic heterocycles. The normalized spacial score (nSPS) is 17.2. The maximum absolute atomic E-state index is 14.8. The Morgan fingerprint density at radius 3 is 2.38 bits per heavy atom. The number of methoxy groups -OCH3 is 2. The smallest absolute Gasteiger partial charge is 0.300 e. The van der Waals surface area contributed by atoms with Crippen molar-refractivity contribution in [3.05, 3.63) is 94.6 Å². The molecule has 0 spiro atoms. The van der Waals surface area contributed by atoms with Crippen LogP contribution < -0.4 is 14.4 Å². The van der Waals surface area contributed by atoms with E-state index in [1.54, 1.807) is 24.3 Å². The molecule has 1 atom stereocenters. The number of rotatable bonds is 5. The van der Waals surface area contributed by atoms with Gasteiger partial charge < -0.3 is 14.6 Å². The van der Waals surface area contributed by atoms with Gasteiger partial charge in [-0.15, -0.1) is 0 Å². The molecule has 174 valence electrons. The molecule has 1 fully saturated rings. The molecule has 1 heterocycles. The number of Topliss-reactive ketones (excluding diaryl/α,β-unsaturated/α-hetero) is 1. The van der Waals surface area contributed by atoms with Crippen LogP contribution in [-0.4, -0.2) is 31.0 Å². The summed E-state index contributed by atoms with van der Waals surface area (Å²) in [5, 5.41) is 11.3. The number of aryl methyl sites for hydroxylation is 1. The van der Waals surface area contributed by atoms with Gasteiger partial charge in [-0.2, -0.15) is 0 Å². The molecular weight excluding hydrogens is 444 g/mol. The molecule has 3 aromatic carbocycles. The van der Waals surface area contributed by atoms with Gasteiger partial charge in [0.05, 0.1) is 37.1 Å². The number of anilines is 1. The number of aliphatic hydroxyl groups is 1. The van der Waals surface area contributed by atoms with Crippen molar-refractivity contribution in [3.8, 4) is 11.5 Å². The van der Waals surface area contributed by atoms with Crippen molar-refractivity contribution in [2.45, 2.75) is 13.0 Å². The summed E-state index contributed by atoms with van der Waals surface area (Å²) >= 11 is 0. The third-order valence-electron chi connectivity index (χ3n) is 5.64. The maximum atomic E-state index is 14.8. The Morgan fingerprint density at radius 1 is 0.971 bits per heavy atom. The summed E-state index contributed by atoms with van der Waals surface area (Å²) in [6.45, 7) is 1.82. The van der Waals surface area contributed by atoms with Crippen molar-refractivity contribution < 1.29 is 33.0 Å². The Kier molecular flexibility index (Phi) is 6.06. The van der Waals surface area contributed by atoms with Crippen LogP contribution in [0.1, 0.15) is 22.7 Å². The summed E-state index contributed by atoms with van der Waals surface area (Å²) in [4.78, 5) is 27.3. The van der Waals surface area contributed by atoms with Gasteiger partial charge >= 0.3 is 0 Å². The summed E-state index contributed by atoms with van der Waals surface area (Å²) in [5.74, 6) is -3.73. The number of nitrogens with zero attached hydrogens (tertiary/aromatic N) is 1. The molecule has 0 bridgehead atoms. The quantitative estimate of drug-likeness (QED) is 0.329. The highest BCUT2D eigenvalue weighted by atomic mass is 19.1. The second-order valence-corrected chi connectivity index (χ2v) is 7.75. The molecule has 1 unspecified atom stereocenters. The Balaban J connectivity index is 1.99. The average Bonchev–Trinajstić information content (AvgIpc) is 3.08. The lowest BCUT2D eigenvalue weighted by atomic mass is 9.94. The van der Waals surface area contributed by atoms with Crippen LogP contribution in [-0.2, 0) is 9.59 Å². The highest BCUT2D eigenvalue weighted by Crippen LogP contribution is 2.44. The van der Waals surface area contributed by atoms with E-state index in [2.05, 4.69) is 0 Å². The number of hydrogen-bond donors (Lipinski definition) is 1. The van der Waals surface area contributed by atoms with Crippen molar-refractivity contribution in [3.63, 3.8) is 0 Å². The van der Waals surface area contributed by atoms with Crippen LogP contribution in [0.4, 0.5) is 14.5 Å². The Morgan fingerprint density at radius 2 is 1.74 bits per heavy atom. The van der Waals surface area contributed by atoms with E-state index in [4.69, 9.17) is 9.47 Å². The number of amides is 1. The number of ether oxygens (including phenoxy) is 2. The molecule has 0 radical (unpaired) electrons. The summed E-state index contributed by atoms with van der Waals surface area (Å²) < 4.78 is 38.9. The van der Waals surface area contributed by atoms with Gasteiger partial charge in [-0.3, -0.25) is 14.5 Å². The van der Waals surface area contributed by atoms with E-state index < -0.39 is 35.1 Å². The van der Waals surface area contributed by atoms with Crippen molar-refractivity contribution in [2.24, 2.45) is 0 Å². The number of carbonyl (C=O) groups excluding carboxylic acids is 2. The van der Waals surface area contributed by atoms with Gasteiger partial charge in [0.25, 0.3) is 11.7 Å². The maximum Gasteiger partial charge on any atom is 0.300 e. The minimum absolute atomic E-state index is 0.151. The zero-order valence-electron chi connectivity index (χ0n) is 18.6. The van der Waals surface area contributed by atoms with Crippen LogP contribution >= 0.6 is 0 Å². The molecule has 4 rings (SSSR count). The predicted octanol–water partition coefficient (Wildman–Crippen LogP) is 4.92. The van der Waals surface area contributed by atoms with Crippen LogP contribution in [0, 0.1) is 18.6 Å². The second-order valence-electron chi connectivity index (χ2n) is 7.75. The summed E-state index contributed by atoms with van der Waals surface area (Å²) in [6, 6.07) is 13.1. The summed E-state index contributed by atoms with van der Waals surface area (Å²) in [7, 11) is 2.85. The number of halogens is 2. The Hall–Kier alpha value is -4.20. The van der Waals surface area contributed by atoms with E-state index in [0.717, 1.165) is 22.6 Å². The monoisotopic (exact) mass is 465 g/mol. The Labute approximate surface area is 194 Å². The van der Waals surface area contributed by atoms with Gasteiger partial charge in [0.1, 0.15) is 28.9 Å². The number of hydrogen-bond acceptors (Lipinski definition) is 5. The van der Waals surface area contributed by atoms with E-state index in [0.29, 0.717) is 17.4 Å². The number of carbonyl (C=O) groups is 2. The first-order chi connectivity index (χ1) is 16.3. The zero-order chi connectivity index (χ0) is 24.6. The number of ketones is 1. The van der Waals surface area contributed by atoms with Gasteiger partial charge in [0.2, 0.25) is 0 Å². The van der Waals surface area contributed by atoms with Crippen molar-refractivity contribution in [1.82, 2.24) is 0 Å². The van der Waals surface area contributed by atoms with Gasteiger partial charge in [0.15, 0.2) is 0 Å². The van der Waals surface area contributed by atoms with E-state index >= 15 is 0 Å². The third kappa shape index (κ3) is 3.87. The number of aliphatic hydroxyl groups excluding tert-OH is 1. The molecule has 1 saturated heterocycles. The van der Waals surface area contributed by atoms with Crippen LogP contribution in [0.25, 0.3) is 5.76 Å². The minimum Gasteiger partial charge on any atom is -0.507 e. The fourth-order valence-corrected chi connectivity index (χ4v) is 4.05. The van der Waals surface area contributed by atoms with Crippen molar-refractivity contribution in [2.75, 3.05) is 19.1 Å². The highest BCUT2D eigenvalue weighted by Gasteiger charge is 2.48. The first-order valence-corrected chi connectivity index (χ1v) is 10.3. The lowest BCUT2D eigenvalue weighted by molar-refractivity contribution is -0.132. The molecular formula is C26H21F2NO5.